The van der Waals surface area contributed by atoms with Gasteiger partial charge in [-0.15, -0.1) is 0 Å². The molecule has 2 rings (SSSR count). The molecule has 3 atom stereocenters. The molecule has 0 spiro atoms. The van der Waals surface area contributed by atoms with Crippen molar-refractivity contribution < 1.29 is 4.79 Å². The molecule has 3 nitrogen and oxygen atoms in total. The number of benzene rings is 1. The molecule has 1 aliphatic rings. The second kappa shape index (κ2) is 5.90. The summed E-state index contributed by atoms with van der Waals surface area (Å²) in [7, 11) is 0. The SMILES string of the molecule is CC(NC(=O)C1CC1C)c1ccc(C#CCN)cc1. The van der Waals surface area contributed by atoms with Crippen molar-refractivity contribution in [3.63, 3.8) is 0 Å². The summed E-state index contributed by atoms with van der Waals surface area (Å²) in [5.41, 5.74) is 7.38. The van der Waals surface area contributed by atoms with Crippen molar-refractivity contribution in [3.05, 3.63) is 35.4 Å². The van der Waals surface area contributed by atoms with Crippen molar-refractivity contribution in [2.45, 2.75) is 26.3 Å². The van der Waals surface area contributed by atoms with Crippen molar-refractivity contribution in [1.29, 1.82) is 0 Å². The Balaban J connectivity index is 1.95. The Morgan fingerprint density at radius 2 is 2.11 bits per heavy atom. The van der Waals surface area contributed by atoms with Crippen LogP contribution in [0.3, 0.4) is 0 Å². The lowest BCUT2D eigenvalue weighted by atomic mass is 10.1. The van der Waals surface area contributed by atoms with Gasteiger partial charge >= 0.3 is 0 Å². The smallest absolute Gasteiger partial charge is 0.223 e. The molecule has 0 radical (unpaired) electrons. The lowest BCUT2D eigenvalue weighted by molar-refractivity contribution is -0.123. The molecule has 3 N–H and O–H groups in total. The zero-order valence-corrected chi connectivity index (χ0v) is 11.4. The third-order valence-electron chi connectivity index (χ3n) is 3.55. The van der Waals surface area contributed by atoms with Gasteiger partial charge in [-0.25, -0.2) is 0 Å². The topological polar surface area (TPSA) is 55.1 Å². The average molecular weight is 256 g/mol. The second-order valence-corrected chi connectivity index (χ2v) is 5.18. The molecule has 0 saturated heterocycles. The molecule has 1 aromatic rings. The Kier molecular flexibility index (Phi) is 4.24. The minimum Gasteiger partial charge on any atom is -0.349 e. The summed E-state index contributed by atoms with van der Waals surface area (Å²) in [6, 6.07) is 7.96. The predicted molar refractivity (Wildman–Crippen MR) is 76.2 cm³/mol. The molecule has 0 aromatic heterocycles. The molecule has 19 heavy (non-hydrogen) atoms. The summed E-state index contributed by atoms with van der Waals surface area (Å²) in [5, 5.41) is 3.06. The van der Waals surface area contributed by atoms with E-state index in [0.29, 0.717) is 12.5 Å². The molecule has 0 bridgehead atoms. The van der Waals surface area contributed by atoms with Gasteiger partial charge in [0, 0.05) is 11.5 Å². The summed E-state index contributed by atoms with van der Waals surface area (Å²) in [5.74, 6) is 6.74. The van der Waals surface area contributed by atoms with Gasteiger partial charge in [0.25, 0.3) is 0 Å². The highest BCUT2D eigenvalue weighted by atomic mass is 16.2. The first-order valence-electron chi connectivity index (χ1n) is 6.71. The van der Waals surface area contributed by atoms with E-state index < -0.39 is 0 Å². The molecular weight excluding hydrogens is 236 g/mol. The maximum Gasteiger partial charge on any atom is 0.223 e. The highest BCUT2D eigenvalue weighted by Gasteiger charge is 2.39. The fourth-order valence-corrected chi connectivity index (χ4v) is 2.10. The third-order valence-corrected chi connectivity index (χ3v) is 3.55. The van der Waals surface area contributed by atoms with E-state index in [9.17, 15) is 4.79 Å². The Morgan fingerprint density at radius 1 is 1.47 bits per heavy atom. The van der Waals surface area contributed by atoms with Crippen LogP contribution in [0.5, 0.6) is 0 Å². The molecular formula is C16H20N2O. The van der Waals surface area contributed by atoms with Crippen molar-refractivity contribution in [1.82, 2.24) is 5.32 Å². The van der Waals surface area contributed by atoms with Crippen molar-refractivity contribution in [2.75, 3.05) is 6.54 Å². The second-order valence-electron chi connectivity index (χ2n) is 5.18. The number of nitrogens with two attached hydrogens (primary N) is 1. The molecule has 3 unspecified atom stereocenters. The zero-order valence-electron chi connectivity index (χ0n) is 11.4. The van der Waals surface area contributed by atoms with E-state index in [1.54, 1.807) is 0 Å². The Bertz CT molecular complexity index is 510. The van der Waals surface area contributed by atoms with E-state index in [1.807, 2.05) is 31.2 Å². The first kappa shape index (κ1) is 13.6. The van der Waals surface area contributed by atoms with Crippen LogP contribution in [0.2, 0.25) is 0 Å². The number of amides is 1. The Morgan fingerprint density at radius 3 is 2.63 bits per heavy atom. The van der Waals surface area contributed by atoms with Gasteiger partial charge in [-0.3, -0.25) is 4.79 Å². The van der Waals surface area contributed by atoms with Crippen LogP contribution in [0.1, 0.15) is 37.4 Å². The van der Waals surface area contributed by atoms with Crippen molar-refractivity contribution in [2.24, 2.45) is 17.6 Å². The van der Waals surface area contributed by atoms with Crippen LogP contribution in [-0.4, -0.2) is 12.5 Å². The van der Waals surface area contributed by atoms with Gasteiger partial charge in [0.2, 0.25) is 5.91 Å². The minimum atomic E-state index is 0.0387. The van der Waals surface area contributed by atoms with Crippen LogP contribution < -0.4 is 11.1 Å². The lowest BCUT2D eigenvalue weighted by Gasteiger charge is -2.14. The molecule has 1 amide bonds. The zero-order chi connectivity index (χ0) is 13.8. The van der Waals surface area contributed by atoms with Gasteiger partial charge in [0.15, 0.2) is 0 Å². The summed E-state index contributed by atoms with van der Waals surface area (Å²) >= 11 is 0. The molecule has 1 fully saturated rings. The molecule has 0 aliphatic heterocycles. The van der Waals surface area contributed by atoms with Gasteiger partial charge in [0.05, 0.1) is 12.6 Å². The van der Waals surface area contributed by atoms with Gasteiger partial charge < -0.3 is 11.1 Å². The molecule has 0 heterocycles. The van der Waals surface area contributed by atoms with E-state index in [0.717, 1.165) is 17.5 Å². The van der Waals surface area contributed by atoms with Crippen LogP contribution in [0, 0.1) is 23.7 Å². The summed E-state index contributed by atoms with van der Waals surface area (Å²) < 4.78 is 0. The predicted octanol–water partition coefficient (Wildman–Crippen LogP) is 1.83. The maximum absolute atomic E-state index is 11.9. The number of rotatable bonds is 3. The Hall–Kier alpha value is -1.79. The van der Waals surface area contributed by atoms with Gasteiger partial charge in [0.1, 0.15) is 0 Å². The summed E-state index contributed by atoms with van der Waals surface area (Å²) in [6.07, 6.45) is 1.02. The quantitative estimate of drug-likeness (QED) is 0.811. The highest BCUT2D eigenvalue weighted by Crippen LogP contribution is 2.38. The fraction of sp³-hybridized carbons (Fsp3) is 0.438. The van der Waals surface area contributed by atoms with E-state index in [-0.39, 0.29) is 17.9 Å². The van der Waals surface area contributed by atoms with Gasteiger partial charge in [-0.05, 0) is 37.0 Å². The maximum atomic E-state index is 11.9. The van der Waals surface area contributed by atoms with Crippen LogP contribution in [0.15, 0.2) is 24.3 Å². The third kappa shape index (κ3) is 3.59. The van der Waals surface area contributed by atoms with E-state index in [1.165, 1.54) is 0 Å². The molecule has 1 aromatic carbocycles. The first-order valence-corrected chi connectivity index (χ1v) is 6.71. The number of carbonyl (C=O) groups excluding carboxylic acids is 1. The molecule has 3 heteroatoms. The average Bonchev–Trinajstić information content (AvgIpc) is 3.14. The minimum absolute atomic E-state index is 0.0387. The number of carbonyl (C=O) groups is 1. The van der Waals surface area contributed by atoms with E-state index in [2.05, 4.69) is 24.1 Å². The lowest BCUT2D eigenvalue weighted by Crippen LogP contribution is -2.28. The van der Waals surface area contributed by atoms with Crippen LogP contribution in [-0.2, 0) is 4.79 Å². The molecule has 1 saturated carbocycles. The van der Waals surface area contributed by atoms with Gasteiger partial charge in [-0.2, -0.15) is 0 Å². The summed E-state index contributed by atoms with van der Waals surface area (Å²) in [4.78, 5) is 11.9. The fourth-order valence-electron chi connectivity index (χ4n) is 2.10. The Labute approximate surface area is 114 Å². The number of nitrogens with one attached hydrogen (secondary N) is 1. The normalized spacial score (nSPS) is 22.1. The molecule has 100 valence electrons. The van der Waals surface area contributed by atoms with Crippen molar-refractivity contribution in [3.8, 4) is 11.8 Å². The van der Waals surface area contributed by atoms with E-state index in [4.69, 9.17) is 5.73 Å². The van der Waals surface area contributed by atoms with Crippen molar-refractivity contribution >= 4 is 5.91 Å². The van der Waals surface area contributed by atoms with Gasteiger partial charge in [-0.1, -0.05) is 30.9 Å². The van der Waals surface area contributed by atoms with Crippen LogP contribution >= 0.6 is 0 Å². The monoisotopic (exact) mass is 256 g/mol. The summed E-state index contributed by atoms with van der Waals surface area (Å²) in [6.45, 7) is 4.49. The highest BCUT2D eigenvalue weighted by molar-refractivity contribution is 5.81. The van der Waals surface area contributed by atoms with E-state index >= 15 is 0 Å². The standard InChI is InChI=1S/C16H20N2O/c1-11-10-15(11)16(19)18-12(2)14-7-5-13(6-8-14)4-3-9-17/h5-8,11-12,15H,9-10,17H2,1-2H3,(H,18,19). The largest absolute Gasteiger partial charge is 0.349 e. The first-order chi connectivity index (χ1) is 9.11. The number of hydrogen-bond donors (Lipinski definition) is 2. The van der Waals surface area contributed by atoms with Crippen LogP contribution in [0.4, 0.5) is 0 Å². The number of hydrogen-bond acceptors (Lipinski definition) is 2. The van der Waals surface area contributed by atoms with Crippen LogP contribution in [0.25, 0.3) is 0 Å². The molecule has 1 aliphatic carbocycles.